The predicted octanol–water partition coefficient (Wildman–Crippen LogP) is 4.06. The van der Waals surface area contributed by atoms with Crippen LogP contribution in [0.25, 0.3) is 22.0 Å². The standard InChI is InChI=1S/C23H26N4O/c1-14(22-3-2-8-27(22)18-5-6-18)20-13-26-21-7-4-15(10-19(20)21)16-9-17(23(24)28)12-25-11-16/h4,7,9-14,18,22,26H,2-3,5-6,8H2,1H3,(H2,24,28)/t14?,22-/m1/s1. The molecule has 5 heteroatoms. The molecule has 1 aromatic carbocycles. The molecule has 5 rings (SSSR count). The normalized spacial score (nSPS) is 21.2. The Morgan fingerprint density at radius 2 is 2.07 bits per heavy atom. The molecule has 3 heterocycles. The number of amides is 1. The number of hydrogen-bond acceptors (Lipinski definition) is 3. The summed E-state index contributed by atoms with van der Waals surface area (Å²) >= 11 is 0. The first kappa shape index (κ1) is 17.4. The average Bonchev–Trinajstić information content (AvgIpc) is 3.28. The van der Waals surface area contributed by atoms with Crippen molar-refractivity contribution in [1.29, 1.82) is 0 Å². The fourth-order valence-electron chi connectivity index (χ4n) is 4.85. The van der Waals surface area contributed by atoms with Gasteiger partial charge in [-0.15, -0.1) is 0 Å². The first-order valence-electron chi connectivity index (χ1n) is 10.2. The van der Waals surface area contributed by atoms with E-state index in [0.29, 0.717) is 17.5 Å². The van der Waals surface area contributed by atoms with Crippen molar-refractivity contribution in [2.75, 3.05) is 6.54 Å². The van der Waals surface area contributed by atoms with Crippen LogP contribution in [0, 0.1) is 0 Å². The third-order valence-electron chi connectivity index (χ3n) is 6.50. The maximum atomic E-state index is 11.5. The number of rotatable bonds is 5. The number of aromatic nitrogens is 2. The maximum Gasteiger partial charge on any atom is 0.250 e. The Kier molecular flexibility index (Phi) is 4.20. The minimum absolute atomic E-state index is 0.436. The van der Waals surface area contributed by atoms with E-state index in [1.165, 1.54) is 49.4 Å². The Balaban J connectivity index is 1.52. The molecule has 2 aromatic heterocycles. The Bertz CT molecular complexity index is 1040. The zero-order valence-electron chi connectivity index (χ0n) is 16.2. The highest BCUT2D eigenvalue weighted by molar-refractivity contribution is 5.94. The average molecular weight is 374 g/mol. The monoisotopic (exact) mass is 374 g/mol. The fraction of sp³-hybridized carbons (Fsp3) is 0.391. The number of fused-ring (bicyclic) bond motifs is 1. The quantitative estimate of drug-likeness (QED) is 0.707. The van der Waals surface area contributed by atoms with Crippen LogP contribution in [-0.2, 0) is 0 Å². The second-order valence-electron chi connectivity index (χ2n) is 8.30. The SMILES string of the molecule is CC(c1c[nH]c2ccc(-c3cncc(C(N)=O)c3)cc12)[C@H]1CCCN1C1CC1. The van der Waals surface area contributed by atoms with Gasteiger partial charge in [-0.2, -0.15) is 0 Å². The van der Waals surface area contributed by atoms with Crippen LogP contribution in [0.5, 0.6) is 0 Å². The van der Waals surface area contributed by atoms with Crippen LogP contribution in [0.4, 0.5) is 0 Å². The molecule has 3 N–H and O–H groups in total. The van der Waals surface area contributed by atoms with Gasteiger partial charge in [0.25, 0.3) is 0 Å². The van der Waals surface area contributed by atoms with E-state index < -0.39 is 5.91 Å². The molecule has 1 unspecified atom stereocenters. The number of hydrogen-bond donors (Lipinski definition) is 2. The van der Waals surface area contributed by atoms with E-state index in [9.17, 15) is 4.79 Å². The summed E-state index contributed by atoms with van der Waals surface area (Å²) < 4.78 is 0. The van der Waals surface area contributed by atoms with E-state index in [1.807, 2.05) is 6.07 Å². The summed E-state index contributed by atoms with van der Waals surface area (Å²) in [7, 11) is 0. The van der Waals surface area contributed by atoms with Crippen LogP contribution in [0.15, 0.2) is 42.9 Å². The van der Waals surface area contributed by atoms with Gasteiger partial charge in [0.05, 0.1) is 5.56 Å². The molecule has 2 atom stereocenters. The van der Waals surface area contributed by atoms with Crippen molar-refractivity contribution in [2.24, 2.45) is 5.73 Å². The van der Waals surface area contributed by atoms with Gasteiger partial charge in [0.1, 0.15) is 0 Å². The maximum absolute atomic E-state index is 11.5. The van der Waals surface area contributed by atoms with Crippen molar-refractivity contribution in [3.63, 3.8) is 0 Å². The van der Waals surface area contributed by atoms with Gasteiger partial charge >= 0.3 is 0 Å². The summed E-state index contributed by atoms with van der Waals surface area (Å²) in [5.74, 6) is 0.0370. The zero-order valence-corrected chi connectivity index (χ0v) is 16.2. The molecule has 5 nitrogen and oxygen atoms in total. The largest absolute Gasteiger partial charge is 0.366 e. The molecular weight excluding hydrogens is 348 g/mol. The number of H-pyrrole nitrogens is 1. The van der Waals surface area contributed by atoms with Gasteiger partial charge in [0.2, 0.25) is 5.91 Å². The van der Waals surface area contributed by atoms with Crippen LogP contribution in [0.1, 0.15) is 54.4 Å². The smallest absolute Gasteiger partial charge is 0.250 e. The molecule has 1 saturated carbocycles. The van der Waals surface area contributed by atoms with Gasteiger partial charge in [0.15, 0.2) is 0 Å². The van der Waals surface area contributed by atoms with Crippen molar-refractivity contribution in [1.82, 2.24) is 14.9 Å². The van der Waals surface area contributed by atoms with Gasteiger partial charge in [-0.3, -0.25) is 14.7 Å². The number of aromatic amines is 1. The van der Waals surface area contributed by atoms with E-state index in [0.717, 1.165) is 22.7 Å². The lowest BCUT2D eigenvalue weighted by atomic mass is 9.90. The Morgan fingerprint density at radius 1 is 1.21 bits per heavy atom. The molecule has 1 saturated heterocycles. The van der Waals surface area contributed by atoms with Gasteiger partial charge < -0.3 is 10.7 Å². The third kappa shape index (κ3) is 3.00. The Labute approximate surface area is 164 Å². The number of benzene rings is 1. The third-order valence-corrected chi connectivity index (χ3v) is 6.50. The van der Waals surface area contributed by atoms with Gasteiger partial charge in [-0.25, -0.2) is 0 Å². The van der Waals surface area contributed by atoms with Gasteiger partial charge in [-0.1, -0.05) is 13.0 Å². The summed E-state index contributed by atoms with van der Waals surface area (Å²) in [6, 6.07) is 9.67. The van der Waals surface area contributed by atoms with Gasteiger partial charge in [0, 0.05) is 47.1 Å². The molecule has 28 heavy (non-hydrogen) atoms. The highest BCUT2D eigenvalue weighted by Crippen LogP contribution is 2.41. The topological polar surface area (TPSA) is 75.0 Å². The van der Waals surface area contributed by atoms with E-state index in [-0.39, 0.29) is 0 Å². The minimum atomic E-state index is -0.451. The summed E-state index contributed by atoms with van der Waals surface area (Å²) in [5, 5.41) is 1.26. The van der Waals surface area contributed by atoms with E-state index in [1.54, 1.807) is 6.20 Å². The van der Waals surface area contributed by atoms with Crippen molar-refractivity contribution in [2.45, 2.75) is 50.6 Å². The lowest BCUT2D eigenvalue weighted by Gasteiger charge is -2.29. The van der Waals surface area contributed by atoms with Crippen molar-refractivity contribution in [3.8, 4) is 11.1 Å². The molecule has 2 aliphatic rings. The molecule has 0 radical (unpaired) electrons. The number of pyridine rings is 1. The molecule has 144 valence electrons. The Morgan fingerprint density at radius 3 is 2.86 bits per heavy atom. The molecule has 1 aliphatic heterocycles. The second-order valence-corrected chi connectivity index (χ2v) is 8.30. The number of nitrogens with zero attached hydrogens (tertiary/aromatic N) is 2. The van der Waals surface area contributed by atoms with E-state index in [4.69, 9.17) is 5.73 Å². The summed E-state index contributed by atoms with van der Waals surface area (Å²) in [6.45, 7) is 3.62. The van der Waals surface area contributed by atoms with Gasteiger partial charge in [-0.05, 0) is 67.5 Å². The first-order valence-corrected chi connectivity index (χ1v) is 10.2. The zero-order chi connectivity index (χ0) is 19.3. The van der Waals surface area contributed by atoms with Crippen LogP contribution in [0.3, 0.4) is 0 Å². The molecule has 1 aliphatic carbocycles. The highest BCUT2D eigenvalue weighted by Gasteiger charge is 2.39. The fourth-order valence-corrected chi connectivity index (χ4v) is 4.85. The number of nitrogens with two attached hydrogens (primary N) is 1. The molecule has 0 spiro atoms. The highest BCUT2D eigenvalue weighted by atomic mass is 16.1. The predicted molar refractivity (Wildman–Crippen MR) is 111 cm³/mol. The molecule has 1 amide bonds. The summed E-state index contributed by atoms with van der Waals surface area (Å²) in [5.41, 5.74) is 10.4. The number of nitrogens with one attached hydrogen (secondary N) is 1. The molecule has 3 aromatic rings. The molecule has 2 fully saturated rings. The number of primary amides is 1. The summed E-state index contributed by atoms with van der Waals surface area (Å²) in [4.78, 5) is 21.9. The van der Waals surface area contributed by atoms with Crippen molar-refractivity contribution >= 4 is 16.8 Å². The lowest BCUT2D eigenvalue weighted by Crippen LogP contribution is -2.35. The Hall–Kier alpha value is -2.66. The van der Waals surface area contributed by atoms with Crippen LogP contribution in [-0.4, -0.2) is 39.4 Å². The number of carbonyl (C=O) groups excluding carboxylic acids is 1. The van der Waals surface area contributed by atoms with Crippen LogP contribution in [0.2, 0.25) is 0 Å². The number of carbonyl (C=O) groups is 1. The number of likely N-dealkylation sites (tertiary alicyclic amines) is 1. The van der Waals surface area contributed by atoms with E-state index >= 15 is 0 Å². The molecular formula is C23H26N4O. The lowest BCUT2D eigenvalue weighted by molar-refractivity contribution is 0.1000. The second kappa shape index (κ2) is 6.74. The van der Waals surface area contributed by atoms with Crippen molar-refractivity contribution in [3.05, 3.63) is 54.0 Å². The minimum Gasteiger partial charge on any atom is -0.366 e. The van der Waals surface area contributed by atoms with Crippen LogP contribution < -0.4 is 5.73 Å². The molecule has 0 bridgehead atoms. The van der Waals surface area contributed by atoms with Crippen LogP contribution >= 0.6 is 0 Å². The summed E-state index contributed by atoms with van der Waals surface area (Å²) in [6.07, 6.45) is 10.8. The van der Waals surface area contributed by atoms with E-state index in [2.05, 4.69) is 46.2 Å². The van der Waals surface area contributed by atoms with Crippen molar-refractivity contribution < 1.29 is 4.79 Å². The first-order chi connectivity index (χ1) is 13.6.